The largest absolute Gasteiger partial charge is 0.351 e. The summed E-state index contributed by atoms with van der Waals surface area (Å²) in [7, 11) is 3.33. The van der Waals surface area contributed by atoms with Crippen LogP contribution in [0.3, 0.4) is 0 Å². The number of aryl methyl sites for hydroxylation is 2. The number of likely N-dealkylation sites (N-methyl/N-ethyl adjacent to an activating group) is 2. The lowest BCUT2D eigenvalue weighted by Crippen LogP contribution is -2.59. The summed E-state index contributed by atoms with van der Waals surface area (Å²) in [5.41, 5.74) is 3.25. The fourth-order valence-electron chi connectivity index (χ4n) is 11.5. The molecule has 6 rings (SSSR count). The maximum atomic E-state index is 14.5. The van der Waals surface area contributed by atoms with E-state index >= 15 is 0 Å². The summed E-state index contributed by atoms with van der Waals surface area (Å²) < 4.78 is 0. The van der Waals surface area contributed by atoms with Gasteiger partial charge in [-0.3, -0.25) is 38.4 Å². The smallest absolute Gasteiger partial charge is 0.246 e. The number of rotatable bonds is 23. The van der Waals surface area contributed by atoms with E-state index in [-0.39, 0.29) is 98.2 Å². The number of carbonyl (C=O) groups is 8. The van der Waals surface area contributed by atoms with Crippen molar-refractivity contribution in [3.63, 3.8) is 0 Å². The van der Waals surface area contributed by atoms with Crippen LogP contribution < -0.4 is 42.5 Å². The number of hydrogen-bond acceptors (Lipinski definition) is 10. The zero-order chi connectivity index (χ0) is 56.0. The molecule has 0 unspecified atom stereocenters. The molecule has 0 spiro atoms. The molecule has 77 heavy (non-hydrogen) atoms. The van der Waals surface area contributed by atoms with Gasteiger partial charge in [0.1, 0.15) is 24.2 Å². The van der Waals surface area contributed by atoms with Crippen LogP contribution in [0.4, 0.5) is 0 Å². The van der Waals surface area contributed by atoms with E-state index < -0.39 is 53.1 Å². The first-order valence-electron chi connectivity index (χ1n) is 28.5. The maximum absolute atomic E-state index is 14.5. The third-order valence-electron chi connectivity index (χ3n) is 15.9. The number of amides is 8. The van der Waals surface area contributed by atoms with Crippen LogP contribution >= 0.6 is 0 Å². The molecule has 18 nitrogen and oxygen atoms in total. The summed E-state index contributed by atoms with van der Waals surface area (Å²) in [5.74, 6) is -2.23. The third-order valence-corrected chi connectivity index (χ3v) is 15.9. The Labute approximate surface area is 457 Å². The fraction of sp³-hybridized carbons (Fsp3) is 0.661. The van der Waals surface area contributed by atoms with E-state index in [2.05, 4.69) is 54.7 Å². The number of nitrogens with one attached hydrogen (secondary N) is 8. The number of carbonyl (C=O) groups excluding carboxylic acids is 8. The molecule has 4 aliphatic rings. The molecule has 8 N–H and O–H groups in total. The molecule has 2 aromatic carbocycles. The molecule has 2 heterocycles. The number of fused-ring (bicyclic) bond motifs is 2. The van der Waals surface area contributed by atoms with Crippen molar-refractivity contribution < 1.29 is 38.4 Å². The van der Waals surface area contributed by atoms with Gasteiger partial charge in [-0.15, -0.1) is 0 Å². The lowest BCUT2D eigenvalue weighted by Gasteiger charge is -2.36. The molecule has 0 saturated carbocycles. The molecule has 0 bridgehead atoms. The molecule has 0 aromatic heterocycles. The second-order valence-electron chi connectivity index (χ2n) is 24.2. The molecule has 2 aliphatic carbocycles. The van der Waals surface area contributed by atoms with Gasteiger partial charge in [-0.2, -0.15) is 0 Å². The van der Waals surface area contributed by atoms with E-state index in [9.17, 15) is 38.4 Å². The minimum atomic E-state index is -0.911. The van der Waals surface area contributed by atoms with Gasteiger partial charge in [-0.25, -0.2) is 0 Å². The van der Waals surface area contributed by atoms with Gasteiger partial charge in [-0.1, -0.05) is 116 Å². The highest BCUT2D eigenvalue weighted by Crippen LogP contribution is 2.34. The van der Waals surface area contributed by atoms with Gasteiger partial charge >= 0.3 is 0 Å². The minimum Gasteiger partial charge on any atom is -0.351 e. The molecule has 424 valence electrons. The van der Waals surface area contributed by atoms with Gasteiger partial charge < -0.3 is 52.3 Å². The van der Waals surface area contributed by atoms with Crippen LogP contribution in [0.25, 0.3) is 0 Å². The standard InChI is InChI=1S/C59H90N10O8/c1-37(61-9)53(73)67-52(59(5,6)7)57(77)69-36-41(33-47(69)55(75)65-45-29-21-25-39-23-17-19-27-43(39)45)63-49(71)31-15-13-11-10-12-14-30-48(70)62-40-32-46(54(74)64-44-28-20-24-38-22-16-18-26-42(38)44)68(35-40)56(76)51(58(2,3)4)66-50(72)34-60-8/h16-19,22-23,26-27,37,40-41,44-47,51-52,60-61H,10-15,20-21,24-25,28-36H2,1-9H3,(H,62,70)(H,63,71)(H,64,74)(H,65,75)(H,66,72)(H,67,73)/t37-,40-,41-,44+,45+,46-,47-,51+,52+/m0/s1. The zero-order valence-corrected chi connectivity index (χ0v) is 47.4. The average molecular weight is 1070 g/mol. The number of unbranched alkanes of at least 4 members (excludes halogenated alkanes) is 5. The monoisotopic (exact) mass is 1070 g/mol. The molecule has 2 fully saturated rings. The van der Waals surface area contributed by atoms with Gasteiger partial charge in [-0.05, 0) is 118 Å². The van der Waals surface area contributed by atoms with Crippen molar-refractivity contribution in [1.82, 2.24) is 52.3 Å². The second-order valence-corrected chi connectivity index (χ2v) is 24.2. The molecule has 2 saturated heterocycles. The SMILES string of the molecule is CNCC(=O)N[C@H](C(=O)N1C[C@@H](NC(=O)CCCCCCCCC(=O)N[C@H]2C[C@@H](C(=O)N[C@@H]3CCCc4ccccc43)N(C(=O)[C@@H](NC(=O)[C@H](C)NC)C(C)(C)C)C2)C[C@H]1C(=O)N[C@@H]1CCCc2ccccc21)C(C)(C)C. The van der Waals surface area contributed by atoms with Crippen LogP contribution in [-0.4, -0.2) is 133 Å². The topological polar surface area (TPSA) is 239 Å². The van der Waals surface area contributed by atoms with Crippen LogP contribution in [0.1, 0.15) is 173 Å². The van der Waals surface area contributed by atoms with E-state index in [4.69, 9.17) is 0 Å². The predicted octanol–water partition coefficient (Wildman–Crippen LogP) is 4.56. The average Bonchev–Trinajstić information content (AvgIpc) is 4.04. The van der Waals surface area contributed by atoms with Crippen LogP contribution in [0.5, 0.6) is 0 Å². The van der Waals surface area contributed by atoms with Crippen molar-refractivity contribution >= 4 is 47.3 Å². The predicted molar refractivity (Wildman–Crippen MR) is 297 cm³/mol. The van der Waals surface area contributed by atoms with Crippen molar-refractivity contribution in [3.8, 4) is 0 Å². The number of nitrogens with zero attached hydrogens (tertiary/aromatic N) is 2. The number of likely N-dealkylation sites (tertiary alicyclic amines) is 2. The Bertz CT molecular complexity index is 2400. The summed E-state index contributed by atoms with van der Waals surface area (Å²) in [6.45, 7) is 13.3. The van der Waals surface area contributed by atoms with Gasteiger partial charge in [0, 0.05) is 38.0 Å². The number of benzene rings is 2. The molecule has 2 aliphatic heterocycles. The van der Waals surface area contributed by atoms with Gasteiger partial charge in [0.15, 0.2) is 0 Å². The molecular weight excluding hydrogens is 977 g/mol. The van der Waals surface area contributed by atoms with Crippen molar-refractivity contribution in [2.24, 2.45) is 10.8 Å². The Morgan fingerprint density at radius 1 is 0.558 bits per heavy atom. The highest BCUT2D eigenvalue weighted by atomic mass is 16.2. The first-order chi connectivity index (χ1) is 36.6. The molecule has 2 aromatic rings. The zero-order valence-electron chi connectivity index (χ0n) is 47.4. The van der Waals surface area contributed by atoms with Crippen molar-refractivity contribution in [2.45, 2.75) is 206 Å². The normalized spacial score (nSPS) is 22.4. The van der Waals surface area contributed by atoms with E-state index in [0.29, 0.717) is 19.3 Å². The number of hydrogen-bond donors (Lipinski definition) is 8. The Hall–Kier alpha value is -5.88. The van der Waals surface area contributed by atoms with Gasteiger partial charge in [0.2, 0.25) is 47.3 Å². The first kappa shape index (κ1) is 60.4. The maximum Gasteiger partial charge on any atom is 0.246 e. The van der Waals surface area contributed by atoms with Crippen molar-refractivity contribution in [3.05, 3.63) is 70.8 Å². The van der Waals surface area contributed by atoms with Gasteiger partial charge in [0.05, 0.1) is 24.7 Å². The van der Waals surface area contributed by atoms with Crippen molar-refractivity contribution in [1.29, 1.82) is 0 Å². The molecule has 0 radical (unpaired) electrons. The van der Waals surface area contributed by atoms with Crippen LogP contribution in [0.2, 0.25) is 0 Å². The van der Waals surface area contributed by atoms with E-state index in [1.165, 1.54) is 11.1 Å². The van der Waals surface area contributed by atoms with E-state index in [0.717, 1.165) is 75.3 Å². The van der Waals surface area contributed by atoms with E-state index in [1.807, 2.05) is 77.9 Å². The lowest BCUT2D eigenvalue weighted by atomic mass is 9.85. The summed E-state index contributed by atoms with van der Waals surface area (Å²) >= 11 is 0. The summed E-state index contributed by atoms with van der Waals surface area (Å²) in [5, 5.41) is 24.3. The highest BCUT2D eigenvalue weighted by Gasteiger charge is 2.48. The lowest BCUT2D eigenvalue weighted by molar-refractivity contribution is -0.144. The Morgan fingerprint density at radius 3 is 1.39 bits per heavy atom. The molecule has 8 amide bonds. The molecular formula is C59H90N10O8. The fourth-order valence-corrected chi connectivity index (χ4v) is 11.5. The Kier molecular flexibility index (Phi) is 21.7. The first-order valence-corrected chi connectivity index (χ1v) is 28.5. The molecule has 18 heteroatoms. The van der Waals surface area contributed by atoms with E-state index in [1.54, 1.807) is 30.8 Å². The minimum absolute atomic E-state index is 0.0353. The quantitative estimate of drug-likeness (QED) is 0.0723. The summed E-state index contributed by atoms with van der Waals surface area (Å²) in [4.78, 5) is 113. The van der Waals surface area contributed by atoms with Crippen LogP contribution in [0, 0.1) is 10.8 Å². The summed E-state index contributed by atoms with van der Waals surface area (Å²) in [6, 6.07) is 10.9. The Balaban J connectivity index is 0.973. The summed E-state index contributed by atoms with van der Waals surface area (Å²) in [6.07, 6.45) is 11.1. The van der Waals surface area contributed by atoms with Gasteiger partial charge in [0.25, 0.3) is 0 Å². The Morgan fingerprint density at radius 2 is 0.974 bits per heavy atom. The van der Waals surface area contributed by atoms with Crippen LogP contribution in [-0.2, 0) is 51.2 Å². The van der Waals surface area contributed by atoms with Crippen molar-refractivity contribution in [2.75, 3.05) is 33.7 Å². The third kappa shape index (κ3) is 16.6. The second kappa shape index (κ2) is 27.6. The highest BCUT2D eigenvalue weighted by molar-refractivity contribution is 5.95. The molecule has 9 atom stereocenters. The van der Waals surface area contributed by atoms with Crippen LogP contribution in [0.15, 0.2) is 48.5 Å².